The van der Waals surface area contributed by atoms with Crippen LogP contribution in [0, 0.1) is 0 Å². The third-order valence-corrected chi connectivity index (χ3v) is 5.60. The summed E-state index contributed by atoms with van der Waals surface area (Å²) in [5, 5.41) is 3.77. The summed E-state index contributed by atoms with van der Waals surface area (Å²) in [6.07, 6.45) is 1.51. The fourth-order valence-corrected chi connectivity index (χ4v) is 3.77. The van der Waals surface area contributed by atoms with Crippen LogP contribution in [0.25, 0.3) is 10.9 Å². The lowest BCUT2D eigenvalue weighted by atomic mass is 10.2. The first-order valence-corrected chi connectivity index (χ1v) is 11.5. The van der Waals surface area contributed by atoms with Gasteiger partial charge in [-0.15, -0.1) is 0 Å². The first-order chi connectivity index (χ1) is 16.7. The lowest BCUT2D eigenvalue weighted by Gasteiger charge is -2.13. The summed E-state index contributed by atoms with van der Waals surface area (Å²) in [4.78, 5) is 12.1. The van der Waals surface area contributed by atoms with E-state index >= 15 is 0 Å². The van der Waals surface area contributed by atoms with E-state index in [2.05, 4.69) is 35.0 Å². The van der Waals surface area contributed by atoms with Crippen LogP contribution in [0.2, 0.25) is 0 Å². The Labute approximate surface area is 200 Å². The summed E-state index contributed by atoms with van der Waals surface area (Å²) in [6, 6.07) is 25.6. The number of fused-ring (bicyclic) bond motifs is 1. The number of ether oxygens (including phenoxy) is 3. The van der Waals surface area contributed by atoms with Crippen LogP contribution in [-0.4, -0.2) is 24.3 Å². The molecule has 1 amide bonds. The normalized spacial score (nSPS) is 10.8. The van der Waals surface area contributed by atoms with Gasteiger partial charge in [0.1, 0.15) is 23.9 Å². The molecule has 4 aromatic rings. The molecule has 0 bridgehead atoms. The molecule has 0 unspecified atom stereocenters. The SMILES string of the molecule is CCCCNC(=O)Oc1ccc2c(c1)cc(COc1ccccc1)n2Cc1ccc(OC)cc1. The van der Waals surface area contributed by atoms with Crippen molar-refractivity contribution in [2.45, 2.75) is 32.9 Å². The molecule has 0 saturated heterocycles. The first kappa shape index (κ1) is 23.2. The highest BCUT2D eigenvalue weighted by Crippen LogP contribution is 2.27. The molecule has 0 spiro atoms. The second-order valence-electron chi connectivity index (χ2n) is 8.06. The topological polar surface area (TPSA) is 61.7 Å². The van der Waals surface area contributed by atoms with E-state index in [1.54, 1.807) is 7.11 Å². The van der Waals surface area contributed by atoms with Crippen LogP contribution in [0.15, 0.2) is 78.9 Å². The van der Waals surface area contributed by atoms with Gasteiger partial charge in [-0.3, -0.25) is 0 Å². The minimum atomic E-state index is -0.432. The summed E-state index contributed by atoms with van der Waals surface area (Å²) >= 11 is 0. The Bertz CT molecular complexity index is 1220. The molecule has 0 saturated carbocycles. The van der Waals surface area contributed by atoms with E-state index in [0.29, 0.717) is 25.4 Å². The number of hydrogen-bond donors (Lipinski definition) is 1. The molecule has 0 aliphatic heterocycles. The Balaban J connectivity index is 1.59. The average Bonchev–Trinajstić information content (AvgIpc) is 3.20. The minimum Gasteiger partial charge on any atom is -0.497 e. The van der Waals surface area contributed by atoms with Gasteiger partial charge in [-0.25, -0.2) is 4.79 Å². The van der Waals surface area contributed by atoms with E-state index in [-0.39, 0.29) is 0 Å². The lowest BCUT2D eigenvalue weighted by molar-refractivity contribution is 0.200. The monoisotopic (exact) mass is 458 g/mol. The van der Waals surface area contributed by atoms with Gasteiger partial charge in [-0.2, -0.15) is 0 Å². The standard InChI is InChI=1S/C28H30N2O4/c1-3-4-16-29-28(31)34-26-14-15-27-22(18-26)17-23(20-33-25-8-6-5-7-9-25)30(27)19-21-10-12-24(32-2)13-11-21/h5-15,17-18H,3-4,16,19-20H2,1-2H3,(H,29,31). The summed E-state index contributed by atoms with van der Waals surface area (Å²) in [6.45, 7) is 3.79. The number of methoxy groups -OCH3 is 1. The first-order valence-electron chi connectivity index (χ1n) is 11.5. The number of nitrogens with zero attached hydrogens (tertiary/aromatic N) is 1. The van der Waals surface area contributed by atoms with E-state index in [1.165, 1.54) is 0 Å². The number of rotatable bonds is 10. The van der Waals surface area contributed by atoms with Crippen LogP contribution in [0.1, 0.15) is 31.0 Å². The minimum absolute atomic E-state index is 0.419. The third-order valence-electron chi connectivity index (χ3n) is 5.60. The van der Waals surface area contributed by atoms with Crippen molar-refractivity contribution in [1.29, 1.82) is 0 Å². The van der Waals surface area contributed by atoms with Crippen molar-refractivity contribution in [3.8, 4) is 17.2 Å². The van der Waals surface area contributed by atoms with Crippen molar-refractivity contribution >= 4 is 17.0 Å². The number of hydrogen-bond acceptors (Lipinski definition) is 4. The molecular weight excluding hydrogens is 428 g/mol. The van der Waals surface area contributed by atoms with E-state index < -0.39 is 6.09 Å². The summed E-state index contributed by atoms with van der Waals surface area (Å²) in [5.41, 5.74) is 3.22. The van der Waals surface area contributed by atoms with Gasteiger partial charge in [0.2, 0.25) is 0 Å². The maximum atomic E-state index is 12.1. The Kier molecular flexibility index (Phi) is 7.71. The van der Waals surface area contributed by atoms with E-state index in [9.17, 15) is 4.79 Å². The van der Waals surface area contributed by atoms with Gasteiger partial charge in [0.15, 0.2) is 0 Å². The highest BCUT2D eigenvalue weighted by Gasteiger charge is 2.13. The molecule has 0 radical (unpaired) electrons. The van der Waals surface area contributed by atoms with Gasteiger partial charge in [0.05, 0.1) is 12.8 Å². The smallest absolute Gasteiger partial charge is 0.412 e. The number of unbranched alkanes of at least 4 members (excludes halogenated alkanes) is 1. The van der Waals surface area contributed by atoms with Crippen molar-refractivity contribution in [2.24, 2.45) is 0 Å². The fourth-order valence-electron chi connectivity index (χ4n) is 3.77. The molecule has 0 atom stereocenters. The van der Waals surface area contributed by atoms with E-state index in [4.69, 9.17) is 14.2 Å². The molecule has 6 nitrogen and oxygen atoms in total. The zero-order chi connectivity index (χ0) is 23.8. The van der Waals surface area contributed by atoms with Gasteiger partial charge in [-0.05, 0) is 60.5 Å². The van der Waals surface area contributed by atoms with E-state index in [0.717, 1.165) is 46.5 Å². The zero-order valence-electron chi connectivity index (χ0n) is 19.6. The molecule has 1 heterocycles. The molecule has 1 aromatic heterocycles. The molecule has 34 heavy (non-hydrogen) atoms. The van der Waals surface area contributed by atoms with Crippen molar-refractivity contribution in [2.75, 3.05) is 13.7 Å². The van der Waals surface area contributed by atoms with Crippen LogP contribution in [0.4, 0.5) is 4.79 Å². The highest BCUT2D eigenvalue weighted by molar-refractivity contribution is 5.84. The summed E-state index contributed by atoms with van der Waals surface area (Å²) in [7, 11) is 1.66. The Hall–Kier alpha value is -3.93. The van der Waals surface area contributed by atoms with Gasteiger partial charge in [0.25, 0.3) is 0 Å². The average molecular weight is 459 g/mol. The van der Waals surface area contributed by atoms with Gasteiger partial charge < -0.3 is 24.1 Å². The van der Waals surface area contributed by atoms with Crippen LogP contribution >= 0.6 is 0 Å². The Morgan fingerprint density at radius 1 is 0.912 bits per heavy atom. The van der Waals surface area contributed by atoms with Crippen LogP contribution in [-0.2, 0) is 13.2 Å². The zero-order valence-corrected chi connectivity index (χ0v) is 19.6. The molecule has 0 fully saturated rings. The lowest BCUT2D eigenvalue weighted by Crippen LogP contribution is -2.27. The summed E-state index contributed by atoms with van der Waals surface area (Å²) in [5.74, 6) is 2.16. The van der Waals surface area contributed by atoms with Crippen LogP contribution < -0.4 is 19.5 Å². The number of aromatic nitrogens is 1. The van der Waals surface area contributed by atoms with Crippen molar-refractivity contribution in [1.82, 2.24) is 9.88 Å². The quantitative estimate of drug-likeness (QED) is 0.289. The largest absolute Gasteiger partial charge is 0.497 e. The number of amides is 1. The fraction of sp³-hybridized carbons (Fsp3) is 0.250. The maximum absolute atomic E-state index is 12.1. The number of para-hydroxylation sites is 1. The van der Waals surface area contributed by atoms with Crippen LogP contribution in [0.3, 0.4) is 0 Å². The Morgan fingerprint density at radius 3 is 2.41 bits per heavy atom. The molecule has 0 aliphatic carbocycles. The number of carbonyl (C=O) groups excluding carboxylic acids is 1. The number of carbonyl (C=O) groups is 1. The maximum Gasteiger partial charge on any atom is 0.412 e. The second kappa shape index (κ2) is 11.3. The molecule has 1 N–H and O–H groups in total. The predicted octanol–water partition coefficient (Wildman–Crippen LogP) is 6.17. The van der Waals surface area contributed by atoms with Crippen molar-refractivity contribution in [3.63, 3.8) is 0 Å². The van der Waals surface area contributed by atoms with Gasteiger partial charge >= 0.3 is 6.09 Å². The predicted molar refractivity (Wildman–Crippen MR) is 134 cm³/mol. The molecule has 6 heteroatoms. The molecule has 0 aliphatic rings. The van der Waals surface area contributed by atoms with Crippen molar-refractivity contribution in [3.05, 3.63) is 90.1 Å². The molecular formula is C28H30N2O4. The Morgan fingerprint density at radius 2 is 1.68 bits per heavy atom. The highest BCUT2D eigenvalue weighted by atomic mass is 16.6. The number of nitrogens with one attached hydrogen (secondary N) is 1. The second-order valence-corrected chi connectivity index (χ2v) is 8.06. The molecule has 176 valence electrons. The summed E-state index contributed by atoms with van der Waals surface area (Å²) < 4.78 is 19.1. The van der Waals surface area contributed by atoms with Gasteiger partial charge in [-0.1, -0.05) is 43.7 Å². The van der Waals surface area contributed by atoms with Crippen LogP contribution in [0.5, 0.6) is 17.2 Å². The molecule has 4 rings (SSSR count). The molecule has 3 aromatic carbocycles. The van der Waals surface area contributed by atoms with Crippen molar-refractivity contribution < 1.29 is 19.0 Å². The number of benzene rings is 3. The third kappa shape index (κ3) is 5.90. The van der Waals surface area contributed by atoms with Gasteiger partial charge in [0, 0.05) is 24.0 Å². The van der Waals surface area contributed by atoms with E-state index in [1.807, 2.05) is 60.7 Å².